The molecule has 164 valence electrons. The zero-order valence-corrected chi connectivity index (χ0v) is 19.2. The summed E-state index contributed by atoms with van der Waals surface area (Å²) in [6.07, 6.45) is 3.00. The van der Waals surface area contributed by atoms with Gasteiger partial charge in [0.05, 0.1) is 6.04 Å². The third-order valence-corrected chi connectivity index (χ3v) is 6.27. The van der Waals surface area contributed by atoms with Crippen molar-refractivity contribution in [3.05, 3.63) is 63.6 Å². The summed E-state index contributed by atoms with van der Waals surface area (Å²) in [5.74, 6) is 0.0226. The second kappa shape index (κ2) is 8.81. The topological polar surface area (TPSA) is 70.2 Å². The van der Waals surface area contributed by atoms with Gasteiger partial charge in [-0.3, -0.25) is 14.9 Å². The number of halogens is 2. The maximum Gasteiger partial charge on any atom is 0.249 e. The summed E-state index contributed by atoms with van der Waals surface area (Å²) in [7, 11) is 0. The monoisotopic (exact) mass is 459 g/mol. The average molecular weight is 460 g/mol. The fourth-order valence-electron chi connectivity index (χ4n) is 4.20. The number of anilines is 1. The molecule has 2 amide bonds. The van der Waals surface area contributed by atoms with E-state index in [2.05, 4.69) is 29.8 Å². The fourth-order valence-corrected chi connectivity index (χ4v) is 4.58. The highest BCUT2D eigenvalue weighted by Crippen LogP contribution is 2.41. The number of fused-ring (bicyclic) bond motifs is 1. The number of carbonyl (C=O) groups is 2. The molecule has 0 spiro atoms. The molecule has 2 aromatic rings. The Hall–Kier alpha value is -2.08. The van der Waals surface area contributed by atoms with Gasteiger partial charge in [0.25, 0.3) is 0 Å². The lowest BCUT2D eigenvalue weighted by atomic mass is 9.83. The van der Waals surface area contributed by atoms with Crippen LogP contribution in [0.3, 0.4) is 0 Å². The van der Waals surface area contributed by atoms with E-state index in [0.717, 1.165) is 24.0 Å². The van der Waals surface area contributed by atoms with Gasteiger partial charge in [-0.15, -0.1) is 0 Å². The van der Waals surface area contributed by atoms with Gasteiger partial charge >= 0.3 is 0 Å². The number of hydrogen-bond acceptors (Lipinski definition) is 3. The molecule has 1 aliphatic carbocycles. The van der Waals surface area contributed by atoms with E-state index in [1.54, 1.807) is 18.2 Å². The molecule has 1 aliphatic heterocycles. The summed E-state index contributed by atoms with van der Waals surface area (Å²) in [6, 6.07) is 12.6. The van der Waals surface area contributed by atoms with E-state index >= 15 is 0 Å². The van der Waals surface area contributed by atoms with Crippen molar-refractivity contribution in [3.8, 4) is 0 Å². The van der Waals surface area contributed by atoms with Crippen LogP contribution in [0.15, 0.2) is 42.5 Å². The summed E-state index contributed by atoms with van der Waals surface area (Å²) >= 11 is 12.4. The molecule has 1 heterocycles. The molecule has 7 heteroatoms. The van der Waals surface area contributed by atoms with Crippen molar-refractivity contribution in [3.63, 3.8) is 0 Å². The second-order valence-corrected chi connectivity index (χ2v) is 9.84. The number of nitrogens with one attached hydrogen (secondary N) is 3. The molecule has 31 heavy (non-hydrogen) atoms. The van der Waals surface area contributed by atoms with Gasteiger partial charge in [-0.1, -0.05) is 55.2 Å². The van der Waals surface area contributed by atoms with Crippen LogP contribution in [0.1, 0.15) is 44.2 Å². The Morgan fingerprint density at radius 3 is 2.58 bits per heavy atom. The van der Waals surface area contributed by atoms with Gasteiger partial charge in [0.2, 0.25) is 11.8 Å². The average Bonchev–Trinajstić information content (AvgIpc) is 3.46. The van der Waals surface area contributed by atoms with Crippen molar-refractivity contribution in [2.75, 3.05) is 5.32 Å². The van der Waals surface area contributed by atoms with E-state index < -0.39 is 11.6 Å². The Morgan fingerprint density at radius 1 is 1.16 bits per heavy atom. The van der Waals surface area contributed by atoms with E-state index in [-0.39, 0.29) is 23.8 Å². The standard InChI is InChI=1S/C24H27Cl2N3O2/c1-14(2)10-21(22(30)27-18-7-8-18)29-24(13-15-4-3-5-16(25)11-15)19-9-6-17(26)12-20(19)28-23(24)31/h3-6,9,11-12,14,18,21,29H,7-8,10,13H2,1-2H3,(H,27,30)(H,28,31)/t21-,24?/m0/s1. The maximum absolute atomic E-state index is 13.5. The highest BCUT2D eigenvalue weighted by molar-refractivity contribution is 6.31. The van der Waals surface area contributed by atoms with Crippen LogP contribution in [0.4, 0.5) is 5.69 Å². The van der Waals surface area contributed by atoms with Crippen LogP contribution in [0.25, 0.3) is 0 Å². The first kappa shape index (κ1) is 22.1. The Bertz CT molecular complexity index is 1010. The van der Waals surface area contributed by atoms with Gasteiger partial charge in [-0.05, 0) is 55.0 Å². The lowest BCUT2D eigenvalue weighted by Gasteiger charge is -2.34. The Morgan fingerprint density at radius 2 is 1.90 bits per heavy atom. The molecular weight excluding hydrogens is 433 g/mol. The third kappa shape index (κ3) is 4.89. The van der Waals surface area contributed by atoms with Gasteiger partial charge in [0, 0.05) is 33.8 Å². The first-order valence-electron chi connectivity index (χ1n) is 10.7. The zero-order chi connectivity index (χ0) is 22.2. The first-order chi connectivity index (χ1) is 14.8. The van der Waals surface area contributed by atoms with Crippen LogP contribution in [0, 0.1) is 5.92 Å². The molecule has 2 aliphatic rings. The molecule has 0 saturated heterocycles. The highest BCUT2D eigenvalue weighted by atomic mass is 35.5. The second-order valence-electron chi connectivity index (χ2n) is 8.97. The normalized spacial score (nSPS) is 21.0. The van der Waals surface area contributed by atoms with Gasteiger partial charge in [-0.25, -0.2) is 0 Å². The molecule has 2 aromatic carbocycles. The van der Waals surface area contributed by atoms with Crippen LogP contribution in [-0.2, 0) is 21.5 Å². The number of hydrogen-bond donors (Lipinski definition) is 3. The van der Waals surface area contributed by atoms with E-state index in [0.29, 0.717) is 28.6 Å². The molecule has 3 N–H and O–H groups in total. The van der Waals surface area contributed by atoms with E-state index in [1.165, 1.54) is 0 Å². The minimum atomic E-state index is -1.11. The van der Waals surface area contributed by atoms with Crippen LogP contribution >= 0.6 is 23.2 Å². The molecule has 1 fully saturated rings. The molecule has 0 bridgehead atoms. The van der Waals surface area contributed by atoms with Gasteiger partial charge in [0.15, 0.2) is 0 Å². The smallest absolute Gasteiger partial charge is 0.249 e. The van der Waals surface area contributed by atoms with Crippen LogP contribution < -0.4 is 16.0 Å². The summed E-state index contributed by atoms with van der Waals surface area (Å²) < 4.78 is 0. The Labute approximate surface area is 192 Å². The molecule has 2 atom stereocenters. The Kier molecular flexibility index (Phi) is 6.29. The minimum Gasteiger partial charge on any atom is -0.352 e. The fraction of sp³-hybridized carbons (Fsp3) is 0.417. The van der Waals surface area contributed by atoms with Crippen LogP contribution in [-0.4, -0.2) is 23.9 Å². The summed E-state index contributed by atoms with van der Waals surface area (Å²) in [6.45, 7) is 4.15. The number of benzene rings is 2. The maximum atomic E-state index is 13.5. The number of amides is 2. The van der Waals surface area contributed by atoms with Crippen LogP contribution in [0.2, 0.25) is 10.0 Å². The molecule has 5 nitrogen and oxygen atoms in total. The first-order valence-corrected chi connectivity index (χ1v) is 11.5. The summed E-state index contributed by atoms with van der Waals surface area (Å²) in [5, 5.41) is 10.7. The predicted octanol–water partition coefficient (Wildman–Crippen LogP) is 4.67. The summed E-state index contributed by atoms with van der Waals surface area (Å²) in [5.41, 5.74) is 1.25. The molecule has 1 saturated carbocycles. The SMILES string of the molecule is CC(C)C[C@H](NC1(Cc2cccc(Cl)c2)C(=O)Nc2cc(Cl)ccc21)C(=O)NC1CC1. The van der Waals surface area contributed by atoms with Crippen molar-refractivity contribution < 1.29 is 9.59 Å². The molecule has 1 unspecified atom stereocenters. The third-order valence-electron chi connectivity index (χ3n) is 5.80. The Balaban J connectivity index is 1.74. The van der Waals surface area contributed by atoms with E-state index in [1.807, 2.05) is 24.3 Å². The zero-order valence-electron chi connectivity index (χ0n) is 17.7. The van der Waals surface area contributed by atoms with Gasteiger partial charge in [0.1, 0.15) is 5.54 Å². The van der Waals surface area contributed by atoms with Crippen molar-refractivity contribution in [2.24, 2.45) is 5.92 Å². The lowest BCUT2D eigenvalue weighted by molar-refractivity contribution is -0.126. The largest absolute Gasteiger partial charge is 0.352 e. The number of carbonyl (C=O) groups excluding carboxylic acids is 2. The molecule has 0 aromatic heterocycles. The van der Waals surface area contributed by atoms with E-state index in [4.69, 9.17) is 23.2 Å². The van der Waals surface area contributed by atoms with Crippen LogP contribution in [0.5, 0.6) is 0 Å². The quantitative estimate of drug-likeness (QED) is 0.537. The van der Waals surface area contributed by atoms with Gasteiger partial charge < -0.3 is 10.6 Å². The predicted molar refractivity (Wildman–Crippen MR) is 124 cm³/mol. The van der Waals surface area contributed by atoms with Crippen molar-refractivity contribution in [1.82, 2.24) is 10.6 Å². The van der Waals surface area contributed by atoms with Crippen molar-refractivity contribution in [2.45, 2.75) is 57.2 Å². The van der Waals surface area contributed by atoms with Gasteiger partial charge in [-0.2, -0.15) is 0 Å². The highest BCUT2D eigenvalue weighted by Gasteiger charge is 2.49. The molecule has 4 rings (SSSR count). The number of rotatable bonds is 8. The van der Waals surface area contributed by atoms with E-state index in [9.17, 15) is 9.59 Å². The lowest BCUT2D eigenvalue weighted by Crippen LogP contribution is -2.58. The minimum absolute atomic E-state index is 0.0584. The molecular formula is C24H27Cl2N3O2. The molecule has 0 radical (unpaired) electrons. The summed E-state index contributed by atoms with van der Waals surface area (Å²) in [4.78, 5) is 26.5. The van der Waals surface area contributed by atoms with Crippen molar-refractivity contribution in [1.29, 1.82) is 0 Å². The van der Waals surface area contributed by atoms with Crippen molar-refractivity contribution >= 4 is 40.7 Å².